The van der Waals surface area contributed by atoms with E-state index >= 15 is 0 Å². The SMILES string of the molecule is COc1cc(/C=N/Nc2ccc([N+](=O)[O-])cn2)ccc1OCc1ccc(C(=O)O)cc1. The lowest BCUT2D eigenvalue weighted by Gasteiger charge is -2.11. The van der Waals surface area contributed by atoms with Gasteiger partial charge in [-0.1, -0.05) is 12.1 Å². The Morgan fingerprint density at radius 2 is 1.97 bits per heavy atom. The number of ether oxygens (including phenoxy) is 2. The van der Waals surface area contributed by atoms with Crippen molar-refractivity contribution in [2.24, 2.45) is 5.10 Å². The summed E-state index contributed by atoms with van der Waals surface area (Å²) in [5.74, 6) is 0.402. The maximum atomic E-state index is 10.9. The molecular weight excluding hydrogens is 404 g/mol. The summed E-state index contributed by atoms with van der Waals surface area (Å²) in [6.07, 6.45) is 2.68. The molecule has 3 rings (SSSR count). The van der Waals surface area contributed by atoms with Crippen molar-refractivity contribution in [3.8, 4) is 11.5 Å². The van der Waals surface area contributed by atoms with Gasteiger partial charge >= 0.3 is 5.97 Å². The zero-order valence-electron chi connectivity index (χ0n) is 16.4. The lowest BCUT2D eigenvalue weighted by Crippen LogP contribution is -2.00. The number of pyridine rings is 1. The van der Waals surface area contributed by atoms with Gasteiger partial charge in [0.15, 0.2) is 11.5 Å². The number of nitro groups is 1. The summed E-state index contributed by atoms with van der Waals surface area (Å²) in [5, 5.41) is 23.6. The van der Waals surface area contributed by atoms with Crippen molar-refractivity contribution in [2.45, 2.75) is 6.61 Å². The molecule has 1 heterocycles. The summed E-state index contributed by atoms with van der Waals surface area (Å²) < 4.78 is 11.1. The van der Waals surface area contributed by atoms with Gasteiger partial charge in [-0.05, 0) is 47.5 Å². The molecule has 0 saturated carbocycles. The Bertz CT molecular complexity index is 1100. The molecule has 158 valence electrons. The van der Waals surface area contributed by atoms with Gasteiger partial charge in [-0.25, -0.2) is 9.78 Å². The second-order valence-electron chi connectivity index (χ2n) is 6.23. The van der Waals surface area contributed by atoms with Gasteiger partial charge in [0, 0.05) is 6.07 Å². The Labute approximate surface area is 176 Å². The Kier molecular flexibility index (Phi) is 6.74. The van der Waals surface area contributed by atoms with E-state index in [2.05, 4.69) is 15.5 Å². The van der Waals surface area contributed by atoms with Crippen molar-refractivity contribution in [1.29, 1.82) is 0 Å². The molecule has 0 spiro atoms. The number of nitrogens with zero attached hydrogens (tertiary/aromatic N) is 3. The third-order valence-electron chi connectivity index (χ3n) is 4.13. The highest BCUT2D eigenvalue weighted by Gasteiger charge is 2.07. The van der Waals surface area contributed by atoms with Gasteiger partial charge in [-0.2, -0.15) is 5.10 Å². The van der Waals surface area contributed by atoms with Crippen molar-refractivity contribution in [1.82, 2.24) is 4.98 Å². The Morgan fingerprint density at radius 3 is 2.58 bits per heavy atom. The van der Waals surface area contributed by atoms with E-state index in [0.717, 1.165) is 17.3 Å². The minimum Gasteiger partial charge on any atom is -0.493 e. The topological polar surface area (TPSA) is 136 Å². The van der Waals surface area contributed by atoms with Gasteiger partial charge in [-0.3, -0.25) is 15.5 Å². The molecule has 0 saturated heterocycles. The number of carboxylic acids is 1. The van der Waals surface area contributed by atoms with Crippen LogP contribution in [0.4, 0.5) is 11.5 Å². The number of aromatic carboxylic acids is 1. The van der Waals surface area contributed by atoms with E-state index in [1.54, 1.807) is 36.5 Å². The second kappa shape index (κ2) is 9.83. The van der Waals surface area contributed by atoms with E-state index in [9.17, 15) is 14.9 Å². The number of benzene rings is 2. The predicted molar refractivity (Wildman–Crippen MR) is 113 cm³/mol. The largest absolute Gasteiger partial charge is 0.493 e. The smallest absolute Gasteiger partial charge is 0.335 e. The Balaban J connectivity index is 1.61. The molecule has 0 aliphatic heterocycles. The molecule has 0 fully saturated rings. The number of carbonyl (C=O) groups is 1. The van der Waals surface area contributed by atoms with E-state index in [1.807, 2.05) is 0 Å². The first-order chi connectivity index (χ1) is 15.0. The quantitative estimate of drug-likeness (QED) is 0.302. The van der Waals surface area contributed by atoms with Crippen LogP contribution in [0.5, 0.6) is 11.5 Å². The molecule has 0 atom stereocenters. The first kappa shape index (κ1) is 21.2. The molecule has 1 aromatic heterocycles. The van der Waals surface area contributed by atoms with Crippen molar-refractivity contribution < 1.29 is 24.3 Å². The molecule has 0 radical (unpaired) electrons. The van der Waals surface area contributed by atoms with Crippen molar-refractivity contribution in [3.05, 3.63) is 87.6 Å². The van der Waals surface area contributed by atoms with Crippen LogP contribution in [0.25, 0.3) is 0 Å². The third kappa shape index (κ3) is 5.76. The summed E-state index contributed by atoms with van der Waals surface area (Å²) in [5.41, 5.74) is 4.34. The Hall–Kier alpha value is -4.47. The van der Waals surface area contributed by atoms with Crippen LogP contribution in [0.15, 0.2) is 65.9 Å². The highest BCUT2D eigenvalue weighted by molar-refractivity contribution is 5.87. The van der Waals surface area contributed by atoms with Crippen LogP contribution < -0.4 is 14.9 Å². The summed E-state index contributed by atoms with van der Waals surface area (Å²) in [4.78, 5) is 24.9. The van der Waals surface area contributed by atoms with Crippen LogP contribution in [0.3, 0.4) is 0 Å². The predicted octanol–water partition coefficient (Wildman–Crippen LogP) is 3.72. The maximum absolute atomic E-state index is 10.9. The molecule has 10 heteroatoms. The number of aromatic nitrogens is 1. The van der Waals surface area contributed by atoms with Gasteiger partial charge < -0.3 is 14.6 Å². The molecule has 2 N–H and O–H groups in total. The number of rotatable bonds is 9. The van der Waals surface area contributed by atoms with Crippen molar-refractivity contribution in [3.63, 3.8) is 0 Å². The number of methoxy groups -OCH3 is 1. The molecule has 3 aromatic rings. The Morgan fingerprint density at radius 1 is 1.19 bits per heavy atom. The normalized spacial score (nSPS) is 10.6. The van der Waals surface area contributed by atoms with Gasteiger partial charge in [-0.15, -0.1) is 0 Å². The standard InChI is InChI=1S/C21H18N4O6/c1-30-19-10-15(11-23-24-20-9-7-17(12-22-20)25(28)29)4-8-18(19)31-13-14-2-5-16(6-3-14)21(26)27/h2-12H,13H2,1H3,(H,22,24)(H,26,27)/b23-11+. The van der Waals surface area contributed by atoms with Crippen LogP contribution in [-0.4, -0.2) is 34.3 Å². The lowest BCUT2D eigenvalue weighted by molar-refractivity contribution is -0.385. The average Bonchev–Trinajstić information content (AvgIpc) is 2.78. The monoisotopic (exact) mass is 422 g/mol. The number of anilines is 1. The third-order valence-corrected chi connectivity index (χ3v) is 4.13. The van der Waals surface area contributed by atoms with Crippen LogP contribution >= 0.6 is 0 Å². The minimum absolute atomic E-state index is 0.104. The fourth-order valence-corrected chi connectivity index (χ4v) is 2.52. The molecule has 2 aromatic carbocycles. The highest BCUT2D eigenvalue weighted by Crippen LogP contribution is 2.28. The summed E-state index contributed by atoms with van der Waals surface area (Å²) in [6.45, 7) is 0.247. The zero-order chi connectivity index (χ0) is 22.2. The van der Waals surface area contributed by atoms with Gasteiger partial charge in [0.2, 0.25) is 0 Å². The molecular formula is C21H18N4O6. The molecule has 0 aliphatic rings. The van der Waals surface area contributed by atoms with E-state index in [-0.39, 0.29) is 17.9 Å². The fraction of sp³-hybridized carbons (Fsp3) is 0.0952. The van der Waals surface area contributed by atoms with Gasteiger partial charge in [0.25, 0.3) is 5.69 Å². The van der Waals surface area contributed by atoms with Crippen LogP contribution in [0.2, 0.25) is 0 Å². The van der Waals surface area contributed by atoms with Crippen molar-refractivity contribution >= 4 is 23.7 Å². The van der Waals surface area contributed by atoms with Gasteiger partial charge in [0.05, 0.1) is 23.8 Å². The highest BCUT2D eigenvalue weighted by atomic mass is 16.6. The summed E-state index contributed by atoms with van der Waals surface area (Å²) >= 11 is 0. The maximum Gasteiger partial charge on any atom is 0.335 e. The second-order valence-corrected chi connectivity index (χ2v) is 6.23. The molecule has 0 aliphatic carbocycles. The van der Waals surface area contributed by atoms with E-state index in [0.29, 0.717) is 17.3 Å². The van der Waals surface area contributed by atoms with Crippen LogP contribution in [-0.2, 0) is 6.61 Å². The molecule has 31 heavy (non-hydrogen) atoms. The minimum atomic E-state index is -0.981. The van der Waals surface area contributed by atoms with E-state index in [1.165, 1.54) is 31.4 Å². The number of hydrogen-bond acceptors (Lipinski definition) is 8. The zero-order valence-corrected chi connectivity index (χ0v) is 16.4. The molecule has 0 unspecified atom stereocenters. The molecule has 10 nitrogen and oxygen atoms in total. The van der Waals surface area contributed by atoms with Gasteiger partial charge in [0.1, 0.15) is 18.6 Å². The van der Waals surface area contributed by atoms with Crippen LogP contribution in [0.1, 0.15) is 21.5 Å². The van der Waals surface area contributed by atoms with Crippen molar-refractivity contribution in [2.75, 3.05) is 12.5 Å². The number of nitrogens with one attached hydrogen (secondary N) is 1. The lowest BCUT2D eigenvalue weighted by atomic mass is 10.1. The van der Waals surface area contributed by atoms with Crippen LogP contribution in [0, 0.1) is 10.1 Å². The number of hydrogen-bond donors (Lipinski definition) is 2. The van der Waals surface area contributed by atoms with E-state index in [4.69, 9.17) is 14.6 Å². The molecule has 0 bridgehead atoms. The molecule has 0 amide bonds. The summed E-state index contributed by atoms with van der Waals surface area (Å²) in [7, 11) is 1.52. The summed E-state index contributed by atoms with van der Waals surface area (Å²) in [6, 6.07) is 14.4. The fourth-order valence-electron chi connectivity index (χ4n) is 2.52. The average molecular weight is 422 g/mol. The first-order valence-corrected chi connectivity index (χ1v) is 8.99. The number of carboxylic acid groups (broad SMARTS) is 1. The van der Waals surface area contributed by atoms with E-state index < -0.39 is 10.9 Å². The first-order valence-electron chi connectivity index (χ1n) is 8.99. The number of hydrazone groups is 1.